The van der Waals surface area contributed by atoms with E-state index < -0.39 is 0 Å². The Kier molecular flexibility index (Phi) is 3.84. The van der Waals surface area contributed by atoms with Gasteiger partial charge in [-0.2, -0.15) is 11.8 Å². The first-order valence-corrected chi connectivity index (χ1v) is 7.06. The number of aromatic nitrogens is 2. The van der Waals surface area contributed by atoms with Crippen molar-refractivity contribution >= 4 is 22.7 Å². The average molecular weight is 248 g/mol. The highest BCUT2D eigenvalue weighted by molar-refractivity contribution is 7.98. The summed E-state index contributed by atoms with van der Waals surface area (Å²) in [6.07, 6.45) is 4.73. The lowest BCUT2D eigenvalue weighted by Gasteiger charge is -2.06. The second kappa shape index (κ2) is 5.36. The molecule has 0 bridgehead atoms. The van der Waals surface area contributed by atoms with E-state index in [1.807, 2.05) is 25.1 Å². The van der Waals surface area contributed by atoms with Gasteiger partial charge in [-0.05, 0) is 37.5 Å². The number of rotatable bonds is 4. The third-order valence-electron chi connectivity index (χ3n) is 2.73. The van der Waals surface area contributed by atoms with Crippen molar-refractivity contribution in [2.24, 2.45) is 0 Å². The Morgan fingerprint density at radius 2 is 2.24 bits per heavy atom. The zero-order valence-electron chi connectivity index (χ0n) is 10.1. The van der Waals surface area contributed by atoms with Crippen LogP contribution in [0.1, 0.15) is 12.0 Å². The number of hydrogen-bond acceptors (Lipinski definition) is 3. The van der Waals surface area contributed by atoms with Gasteiger partial charge in [0.25, 0.3) is 5.56 Å². The molecule has 2 rings (SSSR count). The van der Waals surface area contributed by atoms with Crippen molar-refractivity contribution in [1.29, 1.82) is 0 Å². The van der Waals surface area contributed by atoms with Crippen molar-refractivity contribution in [3.8, 4) is 0 Å². The first-order valence-electron chi connectivity index (χ1n) is 5.67. The van der Waals surface area contributed by atoms with Crippen molar-refractivity contribution in [2.75, 3.05) is 12.0 Å². The number of benzene rings is 1. The van der Waals surface area contributed by atoms with Crippen LogP contribution in [-0.2, 0) is 6.54 Å². The fraction of sp³-hybridized carbons (Fsp3) is 0.385. The summed E-state index contributed by atoms with van der Waals surface area (Å²) in [6, 6.07) is 5.79. The Hall–Kier alpha value is -1.29. The summed E-state index contributed by atoms with van der Waals surface area (Å²) >= 11 is 1.80. The van der Waals surface area contributed by atoms with E-state index >= 15 is 0 Å². The Morgan fingerprint density at radius 3 is 3.00 bits per heavy atom. The Bertz CT molecular complexity index is 577. The van der Waals surface area contributed by atoms with Crippen molar-refractivity contribution in [3.63, 3.8) is 0 Å². The highest BCUT2D eigenvalue weighted by Crippen LogP contribution is 2.09. The highest BCUT2D eigenvalue weighted by Gasteiger charge is 2.03. The van der Waals surface area contributed by atoms with E-state index in [4.69, 9.17) is 0 Å². The SMILES string of the molecule is CSCCCn1cnc2ccc(C)cc2c1=O. The Morgan fingerprint density at radius 1 is 1.41 bits per heavy atom. The largest absolute Gasteiger partial charge is 0.299 e. The second-order valence-electron chi connectivity index (χ2n) is 4.11. The molecule has 0 radical (unpaired) electrons. The molecule has 1 aromatic heterocycles. The van der Waals surface area contributed by atoms with Gasteiger partial charge in [0, 0.05) is 6.54 Å². The summed E-state index contributed by atoms with van der Waals surface area (Å²) in [5.74, 6) is 1.07. The van der Waals surface area contributed by atoms with E-state index in [1.165, 1.54) is 0 Å². The van der Waals surface area contributed by atoms with Crippen molar-refractivity contribution in [2.45, 2.75) is 19.9 Å². The molecule has 0 aliphatic carbocycles. The maximum Gasteiger partial charge on any atom is 0.261 e. The summed E-state index contributed by atoms with van der Waals surface area (Å²) in [5.41, 5.74) is 1.94. The maximum absolute atomic E-state index is 12.2. The van der Waals surface area contributed by atoms with Crippen LogP contribution in [0.3, 0.4) is 0 Å². The van der Waals surface area contributed by atoms with Gasteiger partial charge >= 0.3 is 0 Å². The maximum atomic E-state index is 12.2. The van der Waals surface area contributed by atoms with Gasteiger partial charge in [0.05, 0.1) is 17.2 Å². The summed E-state index contributed by atoms with van der Waals surface area (Å²) in [6.45, 7) is 2.74. The van der Waals surface area contributed by atoms with Crippen LogP contribution in [0.2, 0.25) is 0 Å². The van der Waals surface area contributed by atoms with Crippen LogP contribution in [0.15, 0.2) is 29.3 Å². The quantitative estimate of drug-likeness (QED) is 0.780. The molecule has 3 nitrogen and oxygen atoms in total. The van der Waals surface area contributed by atoms with Gasteiger partial charge in [-0.25, -0.2) is 4.98 Å². The molecule has 0 atom stereocenters. The molecule has 0 saturated heterocycles. The number of fused-ring (bicyclic) bond motifs is 1. The van der Waals surface area contributed by atoms with Gasteiger partial charge in [0.1, 0.15) is 0 Å². The van der Waals surface area contributed by atoms with E-state index in [1.54, 1.807) is 22.7 Å². The van der Waals surface area contributed by atoms with Crippen molar-refractivity contribution in [1.82, 2.24) is 9.55 Å². The molecular weight excluding hydrogens is 232 g/mol. The molecule has 0 unspecified atom stereocenters. The standard InChI is InChI=1S/C13H16N2OS/c1-10-4-5-12-11(8-10)13(16)15(9-14-12)6-3-7-17-2/h4-5,8-9H,3,6-7H2,1-2H3. The fourth-order valence-electron chi connectivity index (χ4n) is 1.81. The number of aryl methyl sites for hydroxylation is 2. The molecule has 1 aromatic carbocycles. The molecule has 0 aliphatic rings. The molecule has 0 N–H and O–H groups in total. The van der Waals surface area contributed by atoms with Crippen molar-refractivity contribution < 1.29 is 0 Å². The van der Waals surface area contributed by atoms with Gasteiger partial charge in [0.15, 0.2) is 0 Å². The van der Waals surface area contributed by atoms with Crippen molar-refractivity contribution in [3.05, 3.63) is 40.4 Å². The summed E-state index contributed by atoms with van der Waals surface area (Å²) < 4.78 is 1.71. The molecule has 17 heavy (non-hydrogen) atoms. The number of thioether (sulfide) groups is 1. The van der Waals surface area contributed by atoms with E-state index in [-0.39, 0.29) is 5.56 Å². The molecule has 0 aliphatic heterocycles. The van der Waals surface area contributed by atoms with Gasteiger partial charge in [-0.1, -0.05) is 11.6 Å². The van der Waals surface area contributed by atoms with Crippen LogP contribution < -0.4 is 5.56 Å². The first kappa shape index (κ1) is 12.2. The van der Waals surface area contributed by atoms with Gasteiger partial charge in [-0.15, -0.1) is 0 Å². The predicted octanol–water partition coefficient (Wildman–Crippen LogP) is 2.46. The van der Waals surface area contributed by atoms with E-state index in [0.717, 1.165) is 35.2 Å². The third-order valence-corrected chi connectivity index (χ3v) is 3.42. The minimum absolute atomic E-state index is 0.0693. The molecule has 0 spiro atoms. The van der Waals surface area contributed by atoms with E-state index in [9.17, 15) is 4.79 Å². The fourth-order valence-corrected chi connectivity index (χ4v) is 2.23. The summed E-state index contributed by atoms with van der Waals surface area (Å²) in [4.78, 5) is 16.5. The number of hydrogen-bond donors (Lipinski definition) is 0. The minimum Gasteiger partial charge on any atom is -0.299 e. The zero-order chi connectivity index (χ0) is 12.3. The van der Waals surface area contributed by atoms with E-state index in [2.05, 4.69) is 11.2 Å². The molecule has 0 fully saturated rings. The highest BCUT2D eigenvalue weighted by atomic mass is 32.2. The third kappa shape index (κ3) is 2.69. The molecule has 0 amide bonds. The zero-order valence-corrected chi connectivity index (χ0v) is 11.0. The van der Waals surface area contributed by atoms with Crippen LogP contribution in [0, 0.1) is 6.92 Å². The molecule has 90 valence electrons. The van der Waals surface area contributed by atoms with Crippen LogP contribution >= 0.6 is 11.8 Å². The van der Waals surface area contributed by atoms with Gasteiger partial charge < -0.3 is 0 Å². The average Bonchev–Trinajstić information content (AvgIpc) is 2.33. The molecule has 2 aromatic rings. The molecule has 4 heteroatoms. The van der Waals surface area contributed by atoms with Gasteiger partial charge in [0.2, 0.25) is 0 Å². The molecule has 1 heterocycles. The van der Waals surface area contributed by atoms with E-state index in [0.29, 0.717) is 0 Å². The molecular formula is C13H16N2OS. The van der Waals surface area contributed by atoms with Crippen LogP contribution in [0.4, 0.5) is 0 Å². The second-order valence-corrected chi connectivity index (χ2v) is 5.10. The van der Waals surface area contributed by atoms with Crippen LogP contribution in [0.5, 0.6) is 0 Å². The summed E-state index contributed by atoms with van der Waals surface area (Å²) in [7, 11) is 0. The topological polar surface area (TPSA) is 34.9 Å². The number of nitrogens with zero attached hydrogens (tertiary/aromatic N) is 2. The Balaban J connectivity index is 2.39. The Labute approximate surface area is 105 Å². The lowest BCUT2D eigenvalue weighted by atomic mass is 10.2. The minimum atomic E-state index is 0.0693. The van der Waals surface area contributed by atoms with Crippen LogP contribution in [0.25, 0.3) is 10.9 Å². The lowest BCUT2D eigenvalue weighted by Crippen LogP contribution is -2.21. The molecule has 0 saturated carbocycles. The van der Waals surface area contributed by atoms with Gasteiger partial charge in [-0.3, -0.25) is 9.36 Å². The normalized spacial score (nSPS) is 10.9. The lowest BCUT2D eigenvalue weighted by molar-refractivity contribution is 0.652. The predicted molar refractivity (Wildman–Crippen MR) is 73.7 cm³/mol. The smallest absolute Gasteiger partial charge is 0.261 e. The summed E-state index contributed by atoms with van der Waals surface area (Å²) in [5, 5.41) is 0.719. The first-order chi connectivity index (χ1) is 8.22. The monoisotopic (exact) mass is 248 g/mol. The van der Waals surface area contributed by atoms with Crippen LogP contribution in [-0.4, -0.2) is 21.6 Å².